The van der Waals surface area contributed by atoms with Crippen LogP contribution in [0.5, 0.6) is 0 Å². The first-order valence-electron chi connectivity index (χ1n) is 14.2. The second-order valence-corrected chi connectivity index (χ2v) is 11.6. The van der Waals surface area contributed by atoms with Crippen LogP contribution < -0.4 is 0 Å². The molecule has 3 aromatic rings. The summed E-state index contributed by atoms with van der Waals surface area (Å²) in [7, 11) is 1.71. The number of hydrogen-bond donors (Lipinski definition) is 0. The summed E-state index contributed by atoms with van der Waals surface area (Å²) in [5.74, 6) is -0.0822. The maximum atomic E-state index is 13.9. The minimum atomic E-state index is -0.719. The van der Waals surface area contributed by atoms with E-state index in [1.165, 1.54) is 0 Å². The van der Waals surface area contributed by atoms with Gasteiger partial charge in [0.05, 0.1) is 13.2 Å². The zero-order valence-corrected chi connectivity index (χ0v) is 24.0. The summed E-state index contributed by atoms with van der Waals surface area (Å²) in [6.07, 6.45) is 5.64. The lowest BCUT2D eigenvalue weighted by atomic mass is 10.0. The van der Waals surface area contributed by atoms with Crippen LogP contribution in [-0.4, -0.2) is 82.5 Å². The number of fused-ring (bicyclic) bond motifs is 1. The number of aryl methyl sites for hydroxylation is 1. The van der Waals surface area contributed by atoms with Crippen molar-refractivity contribution in [1.29, 1.82) is 0 Å². The van der Waals surface area contributed by atoms with Crippen molar-refractivity contribution in [2.75, 3.05) is 33.4 Å². The van der Waals surface area contributed by atoms with Gasteiger partial charge >= 0.3 is 6.09 Å². The molecule has 2 amide bonds. The van der Waals surface area contributed by atoms with E-state index in [1.807, 2.05) is 56.1 Å². The Bertz CT molecular complexity index is 1330. The molecule has 5 rings (SSSR count). The van der Waals surface area contributed by atoms with E-state index in [0.29, 0.717) is 26.3 Å². The molecule has 2 aromatic heterocycles. The van der Waals surface area contributed by atoms with Crippen molar-refractivity contribution in [2.24, 2.45) is 0 Å². The molecule has 1 aliphatic carbocycles. The fourth-order valence-electron chi connectivity index (χ4n) is 5.26. The topological polar surface area (TPSA) is 86.1 Å². The van der Waals surface area contributed by atoms with Gasteiger partial charge in [0, 0.05) is 57.2 Å². The number of carbonyl (C=O) groups excluding carboxylic acids is 2. The van der Waals surface area contributed by atoms with Crippen molar-refractivity contribution in [1.82, 2.24) is 19.4 Å². The number of methoxy groups -OCH3 is 1. The van der Waals surface area contributed by atoms with Gasteiger partial charge in [0.2, 0.25) is 0 Å². The average molecular weight is 549 g/mol. The predicted molar refractivity (Wildman–Crippen MR) is 153 cm³/mol. The van der Waals surface area contributed by atoms with E-state index in [0.717, 1.165) is 53.5 Å². The molecule has 214 valence electrons. The van der Waals surface area contributed by atoms with Crippen LogP contribution in [0.2, 0.25) is 0 Å². The van der Waals surface area contributed by atoms with Crippen LogP contribution in [0.15, 0.2) is 48.8 Å². The van der Waals surface area contributed by atoms with E-state index in [4.69, 9.17) is 19.2 Å². The van der Waals surface area contributed by atoms with Crippen molar-refractivity contribution in [3.63, 3.8) is 0 Å². The number of morpholine rings is 1. The van der Waals surface area contributed by atoms with Crippen LogP contribution in [0.3, 0.4) is 0 Å². The third kappa shape index (κ3) is 6.47. The first-order chi connectivity index (χ1) is 19.2. The maximum absolute atomic E-state index is 13.9. The van der Waals surface area contributed by atoms with Crippen molar-refractivity contribution in [3.8, 4) is 11.1 Å². The van der Waals surface area contributed by atoms with Crippen molar-refractivity contribution < 1.29 is 23.8 Å². The molecule has 9 heteroatoms. The number of benzene rings is 1. The van der Waals surface area contributed by atoms with Gasteiger partial charge in [-0.1, -0.05) is 30.3 Å². The zero-order valence-electron chi connectivity index (χ0n) is 24.0. The summed E-state index contributed by atoms with van der Waals surface area (Å²) in [6.45, 7) is 8.30. The number of ether oxygens (including phenoxy) is 3. The normalized spacial score (nSPS) is 17.7. The first-order valence-corrected chi connectivity index (χ1v) is 14.2. The maximum Gasteiger partial charge on any atom is 0.410 e. The van der Waals surface area contributed by atoms with Gasteiger partial charge in [-0.15, -0.1) is 0 Å². The number of nitrogens with zero attached hydrogens (tertiary/aromatic N) is 4. The Labute approximate surface area is 236 Å². The Morgan fingerprint density at radius 2 is 1.93 bits per heavy atom. The molecule has 9 nitrogen and oxygen atoms in total. The molecule has 1 saturated heterocycles. The quantitative estimate of drug-likeness (QED) is 0.355. The van der Waals surface area contributed by atoms with E-state index in [2.05, 4.69) is 22.9 Å². The highest BCUT2D eigenvalue weighted by Crippen LogP contribution is 2.35. The zero-order chi connectivity index (χ0) is 28.3. The van der Waals surface area contributed by atoms with Crippen LogP contribution in [0.1, 0.15) is 45.6 Å². The molecule has 0 spiro atoms. The number of hydrogen-bond acceptors (Lipinski definition) is 6. The molecule has 3 heterocycles. The minimum absolute atomic E-state index is 0.0822. The number of carbonyl (C=O) groups is 2. The molecule has 40 heavy (non-hydrogen) atoms. The Hall–Kier alpha value is -3.43. The average Bonchev–Trinajstić information content (AvgIpc) is 3.73. The van der Waals surface area contributed by atoms with Gasteiger partial charge in [0.15, 0.2) is 6.10 Å². The molecular formula is C31H40N4O5. The van der Waals surface area contributed by atoms with Crippen molar-refractivity contribution in [3.05, 3.63) is 54.4 Å². The van der Waals surface area contributed by atoms with E-state index in [-0.39, 0.29) is 18.5 Å². The lowest BCUT2D eigenvalue weighted by molar-refractivity contribution is -0.150. The SMILES string of the molecule is COCCCn1cc(CN(C(=O)[C@H]2CN(C(=O)OC(C)(C)C)CCO2)C2CC2)c2c(-c3ccccc3)ccnc21. The summed E-state index contributed by atoms with van der Waals surface area (Å²) in [6, 6.07) is 12.5. The first kappa shape index (κ1) is 28.1. The smallest absolute Gasteiger partial charge is 0.410 e. The molecule has 0 unspecified atom stereocenters. The second kappa shape index (κ2) is 12.0. The van der Waals surface area contributed by atoms with Gasteiger partial charge in [-0.25, -0.2) is 9.78 Å². The predicted octanol–water partition coefficient (Wildman–Crippen LogP) is 4.87. The van der Waals surface area contributed by atoms with E-state index < -0.39 is 17.8 Å². The van der Waals surface area contributed by atoms with Gasteiger partial charge in [-0.2, -0.15) is 0 Å². The van der Waals surface area contributed by atoms with Gasteiger partial charge < -0.3 is 28.6 Å². The number of amides is 2. The highest BCUT2D eigenvalue weighted by Gasteiger charge is 2.40. The summed E-state index contributed by atoms with van der Waals surface area (Å²) >= 11 is 0. The molecule has 1 saturated carbocycles. The van der Waals surface area contributed by atoms with Crippen molar-refractivity contribution >= 4 is 23.0 Å². The summed E-state index contributed by atoms with van der Waals surface area (Å²) in [4.78, 5) is 34.9. The molecule has 1 atom stereocenters. The number of pyridine rings is 1. The van der Waals surface area contributed by atoms with Crippen LogP contribution in [-0.2, 0) is 32.1 Å². The van der Waals surface area contributed by atoms with Crippen molar-refractivity contribution in [2.45, 2.75) is 70.9 Å². The summed E-state index contributed by atoms with van der Waals surface area (Å²) in [5.41, 5.74) is 3.56. The lowest BCUT2D eigenvalue weighted by Crippen LogP contribution is -2.53. The van der Waals surface area contributed by atoms with E-state index >= 15 is 0 Å². The van der Waals surface area contributed by atoms with Gasteiger partial charge in [0.25, 0.3) is 5.91 Å². The summed E-state index contributed by atoms with van der Waals surface area (Å²) in [5, 5.41) is 1.06. The van der Waals surface area contributed by atoms with E-state index in [9.17, 15) is 9.59 Å². The number of rotatable bonds is 9. The largest absolute Gasteiger partial charge is 0.444 e. The van der Waals surface area contributed by atoms with Crippen LogP contribution in [0.4, 0.5) is 4.79 Å². The molecule has 1 aliphatic heterocycles. The van der Waals surface area contributed by atoms with Gasteiger partial charge in [-0.3, -0.25) is 4.79 Å². The molecule has 2 fully saturated rings. The minimum Gasteiger partial charge on any atom is -0.444 e. The fraction of sp³-hybridized carbons (Fsp3) is 0.516. The van der Waals surface area contributed by atoms with Crippen LogP contribution >= 0.6 is 0 Å². The highest BCUT2D eigenvalue weighted by molar-refractivity contribution is 5.96. The monoisotopic (exact) mass is 548 g/mol. The van der Waals surface area contributed by atoms with Crippen LogP contribution in [0.25, 0.3) is 22.2 Å². The van der Waals surface area contributed by atoms with Crippen LogP contribution in [0, 0.1) is 0 Å². The third-order valence-electron chi connectivity index (χ3n) is 7.27. The number of aromatic nitrogens is 2. The Balaban J connectivity index is 1.44. The molecule has 1 aromatic carbocycles. The standard InChI is InChI=1S/C31H40N4O5/c1-31(2,3)40-30(37)34-16-18-39-26(21-34)29(36)35(24-11-12-24)20-23-19-33(15-8-17-38-4)28-27(23)25(13-14-32-28)22-9-6-5-7-10-22/h5-7,9-10,13-14,19,24,26H,8,11-12,15-18,20-21H2,1-4H3/t26-/m1/s1. The molecular weight excluding hydrogens is 508 g/mol. The molecule has 0 radical (unpaired) electrons. The Morgan fingerprint density at radius 3 is 2.62 bits per heavy atom. The molecule has 0 bridgehead atoms. The Morgan fingerprint density at radius 1 is 1.15 bits per heavy atom. The molecule has 2 aliphatic rings. The van der Waals surface area contributed by atoms with Gasteiger partial charge in [0.1, 0.15) is 11.2 Å². The lowest BCUT2D eigenvalue weighted by Gasteiger charge is -2.36. The molecule has 0 N–H and O–H groups in total. The Kier molecular flexibility index (Phi) is 8.42. The third-order valence-corrected chi connectivity index (χ3v) is 7.27. The highest BCUT2D eigenvalue weighted by atomic mass is 16.6. The fourth-order valence-corrected chi connectivity index (χ4v) is 5.26. The van der Waals surface area contributed by atoms with E-state index in [1.54, 1.807) is 12.0 Å². The second-order valence-electron chi connectivity index (χ2n) is 11.6. The summed E-state index contributed by atoms with van der Waals surface area (Å²) < 4.78 is 18.9. The van der Waals surface area contributed by atoms with Gasteiger partial charge in [-0.05, 0) is 62.8 Å².